The quantitative estimate of drug-likeness (QED) is 0.899. The molecule has 1 aromatic heterocycles. The molecule has 0 spiro atoms. The van der Waals surface area contributed by atoms with Gasteiger partial charge < -0.3 is 4.57 Å². The highest BCUT2D eigenvalue weighted by Gasteiger charge is 2.46. The summed E-state index contributed by atoms with van der Waals surface area (Å²) in [5.41, 5.74) is -0.525. The molecule has 0 saturated heterocycles. The first kappa shape index (κ1) is 14.0. The number of imidazole rings is 1. The molecule has 0 unspecified atom stereocenters. The number of hydrogen-bond donors (Lipinski definition) is 1. The van der Waals surface area contributed by atoms with Gasteiger partial charge in [0.25, 0.3) is 10.0 Å². The van der Waals surface area contributed by atoms with Crippen molar-refractivity contribution >= 4 is 15.9 Å². The maximum absolute atomic E-state index is 12.1. The van der Waals surface area contributed by atoms with Gasteiger partial charge in [0, 0.05) is 24.6 Å². The summed E-state index contributed by atoms with van der Waals surface area (Å²) in [6, 6.07) is 0. The Balaban J connectivity index is 2.25. The van der Waals surface area contributed by atoms with E-state index >= 15 is 0 Å². The highest BCUT2D eigenvalue weighted by atomic mass is 32.2. The van der Waals surface area contributed by atoms with Crippen molar-refractivity contribution < 1.29 is 13.2 Å². The van der Waals surface area contributed by atoms with E-state index in [1.54, 1.807) is 18.5 Å². The van der Waals surface area contributed by atoms with Crippen molar-refractivity contribution in [2.24, 2.45) is 12.5 Å². The molecule has 0 radical (unpaired) electrons. The summed E-state index contributed by atoms with van der Waals surface area (Å²) in [4.78, 5) is 15.9. The largest absolute Gasteiger partial charge is 0.336 e. The second kappa shape index (κ2) is 4.33. The zero-order valence-electron chi connectivity index (χ0n) is 11.6. The third kappa shape index (κ3) is 2.65. The first-order valence-electron chi connectivity index (χ1n) is 6.26. The fourth-order valence-electron chi connectivity index (χ4n) is 1.83. The van der Waals surface area contributed by atoms with Crippen LogP contribution in [0.1, 0.15) is 45.4 Å². The Bertz CT molecular complexity index is 612. The highest BCUT2D eigenvalue weighted by Crippen LogP contribution is 2.45. The number of carbonyl (C=O) groups is 1. The minimum absolute atomic E-state index is 0.101. The molecule has 0 bridgehead atoms. The van der Waals surface area contributed by atoms with E-state index in [9.17, 15) is 13.2 Å². The van der Waals surface area contributed by atoms with Gasteiger partial charge >= 0.3 is 0 Å². The van der Waals surface area contributed by atoms with Crippen LogP contribution in [-0.4, -0.2) is 23.9 Å². The number of amides is 1. The van der Waals surface area contributed by atoms with Crippen molar-refractivity contribution in [2.45, 2.75) is 44.6 Å². The third-order valence-corrected chi connectivity index (χ3v) is 4.66. The zero-order valence-corrected chi connectivity index (χ0v) is 12.4. The molecule has 106 valence electrons. The number of rotatable bonds is 4. The molecule has 0 aliphatic heterocycles. The molecule has 1 N–H and O–H groups in total. The standard InChI is InChI=1S/C12H19N3O3S/c1-8(2)10-13-9(7-15(10)4)19(17,18)14-11(16)12(3)5-6-12/h7-8H,5-6H2,1-4H3,(H,14,16). The van der Waals surface area contributed by atoms with Crippen LogP contribution in [0.25, 0.3) is 0 Å². The third-order valence-electron chi connectivity index (χ3n) is 3.46. The molecule has 1 heterocycles. The zero-order chi connectivity index (χ0) is 14.4. The molecule has 1 aromatic rings. The smallest absolute Gasteiger partial charge is 0.283 e. The molecule has 0 atom stereocenters. The van der Waals surface area contributed by atoms with Gasteiger partial charge in [0.2, 0.25) is 5.91 Å². The number of sulfonamides is 1. The molecule has 0 aromatic carbocycles. The number of aromatic nitrogens is 2. The van der Waals surface area contributed by atoms with E-state index in [4.69, 9.17) is 0 Å². The van der Waals surface area contributed by atoms with Crippen molar-refractivity contribution in [3.63, 3.8) is 0 Å². The summed E-state index contributed by atoms with van der Waals surface area (Å²) in [5.74, 6) is 0.348. The molecule has 6 nitrogen and oxygen atoms in total. The summed E-state index contributed by atoms with van der Waals surface area (Å²) in [6.07, 6.45) is 2.89. The lowest BCUT2D eigenvalue weighted by atomic mass is 10.1. The second-order valence-electron chi connectivity index (χ2n) is 5.70. The maximum Gasteiger partial charge on any atom is 0.283 e. The van der Waals surface area contributed by atoms with Crippen LogP contribution >= 0.6 is 0 Å². The fourth-order valence-corrected chi connectivity index (χ4v) is 2.94. The van der Waals surface area contributed by atoms with Gasteiger partial charge in [-0.25, -0.2) is 9.71 Å². The summed E-state index contributed by atoms with van der Waals surface area (Å²) in [6.45, 7) is 5.63. The second-order valence-corrected chi connectivity index (χ2v) is 7.33. The summed E-state index contributed by atoms with van der Waals surface area (Å²) >= 11 is 0. The Labute approximate surface area is 113 Å². The Morgan fingerprint density at radius 3 is 2.47 bits per heavy atom. The Morgan fingerprint density at radius 1 is 1.47 bits per heavy atom. The molecule has 1 aliphatic carbocycles. The van der Waals surface area contributed by atoms with Crippen LogP contribution in [0.2, 0.25) is 0 Å². The van der Waals surface area contributed by atoms with Gasteiger partial charge in [-0.15, -0.1) is 0 Å². The molecular formula is C12H19N3O3S. The van der Waals surface area contributed by atoms with Gasteiger partial charge in [-0.05, 0) is 12.8 Å². The van der Waals surface area contributed by atoms with Gasteiger partial charge in [0.05, 0.1) is 0 Å². The van der Waals surface area contributed by atoms with E-state index < -0.39 is 21.3 Å². The number of aryl methyl sites for hydroxylation is 1. The van der Waals surface area contributed by atoms with E-state index in [0.717, 1.165) is 12.8 Å². The minimum Gasteiger partial charge on any atom is -0.336 e. The van der Waals surface area contributed by atoms with Gasteiger partial charge in [0.15, 0.2) is 5.03 Å². The van der Waals surface area contributed by atoms with Crippen LogP contribution in [0, 0.1) is 5.41 Å². The maximum atomic E-state index is 12.1. The van der Waals surface area contributed by atoms with Crippen molar-refractivity contribution in [1.82, 2.24) is 14.3 Å². The van der Waals surface area contributed by atoms with Gasteiger partial charge in [-0.3, -0.25) is 4.79 Å². The van der Waals surface area contributed by atoms with Crippen molar-refractivity contribution in [2.75, 3.05) is 0 Å². The van der Waals surface area contributed by atoms with Crippen LogP contribution in [0.15, 0.2) is 11.2 Å². The van der Waals surface area contributed by atoms with E-state index in [2.05, 4.69) is 9.71 Å². The van der Waals surface area contributed by atoms with Crippen molar-refractivity contribution in [1.29, 1.82) is 0 Å². The van der Waals surface area contributed by atoms with Gasteiger partial charge in [0.1, 0.15) is 5.82 Å². The lowest BCUT2D eigenvalue weighted by molar-refractivity contribution is -0.123. The normalized spacial score (nSPS) is 17.5. The number of nitrogens with one attached hydrogen (secondary N) is 1. The molecule has 1 fully saturated rings. The van der Waals surface area contributed by atoms with E-state index in [0.29, 0.717) is 5.82 Å². The lowest BCUT2D eigenvalue weighted by Crippen LogP contribution is -2.35. The van der Waals surface area contributed by atoms with Crippen molar-refractivity contribution in [3.05, 3.63) is 12.0 Å². The predicted octanol–water partition coefficient (Wildman–Crippen LogP) is 1.15. The minimum atomic E-state index is -3.87. The average Bonchev–Trinajstić information content (AvgIpc) is 2.89. The predicted molar refractivity (Wildman–Crippen MR) is 70.0 cm³/mol. The molecule has 1 amide bonds. The molecule has 1 aliphatic rings. The first-order valence-corrected chi connectivity index (χ1v) is 7.74. The topological polar surface area (TPSA) is 81.1 Å². The van der Waals surface area contributed by atoms with E-state index in [-0.39, 0.29) is 10.9 Å². The molecule has 2 rings (SSSR count). The molecular weight excluding hydrogens is 266 g/mol. The van der Waals surface area contributed by atoms with Gasteiger partial charge in [-0.2, -0.15) is 8.42 Å². The van der Waals surface area contributed by atoms with Crippen LogP contribution in [-0.2, 0) is 21.9 Å². The van der Waals surface area contributed by atoms with E-state index in [1.807, 2.05) is 13.8 Å². The van der Waals surface area contributed by atoms with Crippen LogP contribution < -0.4 is 4.72 Å². The highest BCUT2D eigenvalue weighted by molar-refractivity contribution is 7.90. The van der Waals surface area contributed by atoms with Crippen LogP contribution in [0.4, 0.5) is 0 Å². The van der Waals surface area contributed by atoms with Crippen molar-refractivity contribution in [3.8, 4) is 0 Å². The summed E-state index contributed by atoms with van der Waals surface area (Å²) < 4.78 is 28.0. The lowest BCUT2D eigenvalue weighted by Gasteiger charge is -2.08. The molecule has 1 saturated carbocycles. The SMILES string of the molecule is CC(C)c1nc(S(=O)(=O)NC(=O)C2(C)CC2)cn1C. The number of hydrogen-bond acceptors (Lipinski definition) is 4. The average molecular weight is 285 g/mol. The molecule has 7 heteroatoms. The van der Waals surface area contributed by atoms with Gasteiger partial charge in [-0.1, -0.05) is 20.8 Å². The van der Waals surface area contributed by atoms with Crippen LogP contribution in [0.3, 0.4) is 0 Å². The Morgan fingerprint density at radius 2 is 2.05 bits per heavy atom. The van der Waals surface area contributed by atoms with E-state index in [1.165, 1.54) is 6.20 Å². The molecule has 19 heavy (non-hydrogen) atoms. The monoisotopic (exact) mass is 285 g/mol. The summed E-state index contributed by atoms with van der Waals surface area (Å²) in [7, 11) is -2.13. The number of carbonyl (C=O) groups excluding carboxylic acids is 1. The first-order chi connectivity index (χ1) is 8.66. The van der Waals surface area contributed by atoms with Crippen LogP contribution in [0.5, 0.6) is 0 Å². The number of nitrogens with zero attached hydrogens (tertiary/aromatic N) is 2. The Kier molecular flexibility index (Phi) is 3.20. The fraction of sp³-hybridized carbons (Fsp3) is 0.667. The summed E-state index contributed by atoms with van der Waals surface area (Å²) in [5, 5.41) is -0.101. The Hall–Kier alpha value is -1.37.